The Morgan fingerprint density at radius 2 is 2.27 bits per heavy atom. The van der Waals surface area contributed by atoms with E-state index in [1.165, 1.54) is 0 Å². The second-order valence-electron chi connectivity index (χ2n) is 2.23. The third-order valence-electron chi connectivity index (χ3n) is 1.06. The topological polar surface area (TPSA) is 29.4 Å². The maximum atomic E-state index is 10.8. The fourth-order valence-electron chi connectivity index (χ4n) is 0.380. The molecule has 0 fully saturated rings. The average molecular weight is 226 g/mol. The van der Waals surface area contributed by atoms with Crippen LogP contribution >= 0.6 is 0 Å². The van der Waals surface area contributed by atoms with E-state index < -0.39 is 0 Å². The molecule has 3 heteroatoms. The second-order valence-corrected chi connectivity index (χ2v) is 2.23. The molecule has 59 valence electrons. The Balaban J connectivity index is 0. The zero-order valence-corrected chi connectivity index (χ0v) is 9.71. The predicted molar refractivity (Wildman–Crippen MR) is 40.8 cm³/mol. The minimum atomic E-state index is 0. The predicted octanol–water partition coefficient (Wildman–Crippen LogP) is 1.49. The van der Waals surface area contributed by atoms with Crippen LogP contribution in [0, 0.1) is 12.5 Å². The van der Waals surface area contributed by atoms with Gasteiger partial charge in [-0.05, 0) is 6.42 Å². The minimum Gasteiger partial charge on any atom is -0.601 e. The first kappa shape index (κ1) is 13.8. The van der Waals surface area contributed by atoms with Crippen LogP contribution in [-0.2, 0) is 37.5 Å². The summed E-state index contributed by atoms with van der Waals surface area (Å²) in [6.07, 6.45) is 3.89. The van der Waals surface area contributed by atoms with E-state index in [9.17, 15) is 4.79 Å². The van der Waals surface area contributed by atoms with Crippen molar-refractivity contribution in [2.24, 2.45) is 10.9 Å². The third kappa shape index (κ3) is 8.09. The average Bonchev–Trinajstić information content (AvgIpc) is 1.88. The van der Waals surface area contributed by atoms with Gasteiger partial charge in [-0.1, -0.05) is 13.8 Å². The SMILES string of the molecule is [CH-]=CN=[C-]CC(=O)C(C)C.[Y]. The van der Waals surface area contributed by atoms with Crippen molar-refractivity contribution >= 4 is 12.0 Å². The summed E-state index contributed by atoms with van der Waals surface area (Å²) in [6, 6.07) is 0. The minimum absolute atomic E-state index is 0. The fraction of sp³-hybridized carbons (Fsp3) is 0.500. The monoisotopic (exact) mass is 226 g/mol. The summed E-state index contributed by atoms with van der Waals surface area (Å²) in [6.45, 7) is 8.61. The molecule has 0 rings (SSSR count). The van der Waals surface area contributed by atoms with Gasteiger partial charge in [0.05, 0.1) is 0 Å². The Morgan fingerprint density at radius 3 is 2.64 bits per heavy atom. The fourth-order valence-corrected chi connectivity index (χ4v) is 0.380. The smallest absolute Gasteiger partial charge is 0.123 e. The zero-order valence-electron chi connectivity index (χ0n) is 6.87. The van der Waals surface area contributed by atoms with Gasteiger partial charge in [0.25, 0.3) is 0 Å². The van der Waals surface area contributed by atoms with Crippen LogP contribution in [0.2, 0.25) is 0 Å². The van der Waals surface area contributed by atoms with Gasteiger partial charge in [0.15, 0.2) is 0 Å². The normalized spacial score (nSPS) is 9.73. The number of carbonyl (C=O) groups is 1. The molecule has 0 N–H and O–H groups in total. The molecule has 0 heterocycles. The molecule has 0 saturated heterocycles. The van der Waals surface area contributed by atoms with Crippen LogP contribution in [0.25, 0.3) is 0 Å². The Hall–Kier alpha value is 0.184. The van der Waals surface area contributed by atoms with Crippen molar-refractivity contribution < 1.29 is 37.5 Å². The zero-order chi connectivity index (χ0) is 7.98. The summed E-state index contributed by atoms with van der Waals surface area (Å²) in [5, 5.41) is 0. The Bertz CT molecular complexity index is 152. The van der Waals surface area contributed by atoms with Crippen molar-refractivity contribution in [1.82, 2.24) is 0 Å². The van der Waals surface area contributed by atoms with E-state index in [2.05, 4.69) is 11.2 Å². The summed E-state index contributed by atoms with van der Waals surface area (Å²) in [7, 11) is 0. The molecule has 0 saturated carbocycles. The molecule has 2 nitrogen and oxygen atoms in total. The quantitative estimate of drug-likeness (QED) is 0.527. The first-order valence-electron chi connectivity index (χ1n) is 3.17. The van der Waals surface area contributed by atoms with Crippen LogP contribution < -0.4 is 0 Å². The van der Waals surface area contributed by atoms with Gasteiger partial charge < -0.3 is 22.6 Å². The molecule has 0 aromatic rings. The second kappa shape index (κ2) is 8.28. The van der Waals surface area contributed by atoms with E-state index in [0.717, 1.165) is 6.20 Å². The van der Waals surface area contributed by atoms with Gasteiger partial charge in [0, 0.05) is 38.6 Å². The van der Waals surface area contributed by atoms with E-state index in [4.69, 9.17) is 6.58 Å². The summed E-state index contributed by atoms with van der Waals surface area (Å²) >= 11 is 0. The maximum Gasteiger partial charge on any atom is 0.123 e. The van der Waals surface area contributed by atoms with Gasteiger partial charge >= 0.3 is 0 Å². The Kier molecular flexibility index (Phi) is 10.4. The largest absolute Gasteiger partial charge is 0.601 e. The molecule has 0 bridgehead atoms. The standard InChI is InChI=1S/C8H11NO.Y/c1-4-9-6-5-8(10)7(2)3;/h1,4,7H,5H2,2-3H3;/q-2;. The van der Waals surface area contributed by atoms with Crippen LogP contribution in [0.4, 0.5) is 0 Å². The summed E-state index contributed by atoms with van der Waals surface area (Å²) in [5.41, 5.74) is 0. The van der Waals surface area contributed by atoms with Crippen molar-refractivity contribution in [1.29, 1.82) is 0 Å². The van der Waals surface area contributed by atoms with Crippen molar-refractivity contribution in [3.63, 3.8) is 0 Å². The van der Waals surface area contributed by atoms with Gasteiger partial charge in [-0.2, -0.15) is 6.21 Å². The van der Waals surface area contributed by atoms with Gasteiger partial charge in [-0.25, -0.2) is 0 Å². The molecule has 0 aromatic carbocycles. The molecule has 0 aliphatic heterocycles. The van der Waals surface area contributed by atoms with Gasteiger partial charge in [0.1, 0.15) is 5.78 Å². The van der Waals surface area contributed by atoms with E-state index in [0.29, 0.717) is 0 Å². The van der Waals surface area contributed by atoms with Crippen molar-refractivity contribution in [3.8, 4) is 0 Å². The molecule has 11 heavy (non-hydrogen) atoms. The Labute approximate surface area is 93.0 Å². The van der Waals surface area contributed by atoms with Crippen LogP contribution in [0.3, 0.4) is 0 Å². The van der Waals surface area contributed by atoms with Crippen LogP contribution in [0.15, 0.2) is 11.2 Å². The number of rotatable bonds is 4. The molecule has 1 radical (unpaired) electrons. The first-order chi connectivity index (χ1) is 4.68. The van der Waals surface area contributed by atoms with E-state index >= 15 is 0 Å². The van der Waals surface area contributed by atoms with Crippen LogP contribution in [0.1, 0.15) is 20.3 Å². The molecule has 0 amide bonds. The molecule has 0 spiro atoms. The number of carbonyl (C=O) groups excluding carboxylic acids is 1. The van der Waals surface area contributed by atoms with E-state index in [1.807, 2.05) is 13.8 Å². The summed E-state index contributed by atoms with van der Waals surface area (Å²) in [4.78, 5) is 14.3. The number of nitrogens with zero attached hydrogens (tertiary/aromatic N) is 1. The number of hydrogen-bond acceptors (Lipinski definition) is 2. The van der Waals surface area contributed by atoms with E-state index in [1.54, 1.807) is 0 Å². The van der Waals surface area contributed by atoms with Crippen LogP contribution in [-0.4, -0.2) is 12.0 Å². The molecule has 0 aliphatic carbocycles. The van der Waals surface area contributed by atoms with Crippen molar-refractivity contribution in [2.75, 3.05) is 0 Å². The summed E-state index contributed by atoms with van der Waals surface area (Å²) in [5.74, 6) is 0.186. The van der Waals surface area contributed by atoms with Gasteiger partial charge in [0.2, 0.25) is 0 Å². The van der Waals surface area contributed by atoms with Crippen LogP contribution in [0.5, 0.6) is 0 Å². The first-order valence-corrected chi connectivity index (χ1v) is 3.17. The Morgan fingerprint density at radius 1 is 1.73 bits per heavy atom. The van der Waals surface area contributed by atoms with Gasteiger partial charge in [-0.3, -0.25) is 0 Å². The number of aliphatic imine (C=N–C) groups is 1. The molecular formula is C8H11NOY-2. The number of Topliss-reactive ketones (excluding diaryl/α,β-unsaturated/α-hetero) is 1. The number of ketones is 1. The molecule has 0 atom stereocenters. The van der Waals surface area contributed by atoms with Crippen molar-refractivity contribution in [2.45, 2.75) is 20.3 Å². The molecular weight excluding hydrogens is 215 g/mol. The maximum absolute atomic E-state index is 10.8. The molecule has 0 unspecified atom stereocenters. The molecule has 0 aromatic heterocycles. The van der Waals surface area contributed by atoms with Gasteiger partial charge in [-0.15, -0.1) is 0 Å². The third-order valence-corrected chi connectivity index (χ3v) is 1.06. The van der Waals surface area contributed by atoms with Crippen molar-refractivity contribution in [3.05, 3.63) is 12.8 Å². The summed E-state index contributed by atoms with van der Waals surface area (Å²) < 4.78 is 0. The molecule has 0 aliphatic rings. The number of hydrogen-bond donors (Lipinski definition) is 0. The van der Waals surface area contributed by atoms with E-state index in [-0.39, 0.29) is 50.8 Å².